The van der Waals surface area contributed by atoms with Crippen molar-refractivity contribution in [2.75, 3.05) is 7.11 Å². The van der Waals surface area contributed by atoms with Gasteiger partial charge < -0.3 is 14.2 Å². The third kappa shape index (κ3) is 5.53. The molecule has 3 aromatic rings. The molecule has 26 heavy (non-hydrogen) atoms. The van der Waals surface area contributed by atoms with Crippen LogP contribution in [0.3, 0.4) is 0 Å². The number of hydrogen-bond donors (Lipinski definition) is 0. The van der Waals surface area contributed by atoms with E-state index in [1.54, 1.807) is 7.11 Å². The summed E-state index contributed by atoms with van der Waals surface area (Å²) in [6, 6.07) is 28.4. The fourth-order valence-electron chi connectivity index (χ4n) is 2.67. The standard InChI is InChI=1S/C23H24O3/c1-24-16-21-12-14-22(15-13-21)23(25-17-19-8-4-2-5-9-19)26-18-20-10-6-3-7-11-20/h2-15,23H,16-18H2,1H3. The highest BCUT2D eigenvalue weighted by atomic mass is 16.7. The Hall–Kier alpha value is -2.46. The molecular weight excluding hydrogens is 324 g/mol. The summed E-state index contributed by atoms with van der Waals surface area (Å²) in [5.74, 6) is 0. The molecule has 0 saturated carbocycles. The Morgan fingerprint density at radius 1 is 0.577 bits per heavy atom. The maximum absolute atomic E-state index is 6.08. The average molecular weight is 348 g/mol. The van der Waals surface area contributed by atoms with Gasteiger partial charge in [-0.05, 0) is 16.7 Å². The van der Waals surface area contributed by atoms with E-state index >= 15 is 0 Å². The Bertz CT molecular complexity index is 711. The lowest BCUT2D eigenvalue weighted by Crippen LogP contribution is -2.09. The lowest BCUT2D eigenvalue weighted by molar-refractivity contribution is -0.161. The molecule has 134 valence electrons. The van der Waals surface area contributed by atoms with Gasteiger partial charge in [-0.15, -0.1) is 0 Å². The van der Waals surface area contributed by atoms with E-state index in [-0.39, 0.29) is 0 Å². The third-order valence-electron chi connectivity index (χ3n) is 4.05. The van der Waals surface area contributed by atoms with Crippen LogP contribution in [-0.2, 0) is 34.0 Å². The second-order valence-electron chi connectivity index (χ2n) is 6.10. The van der Waals surface area contributed by atoms with Crippen molar-refractivity contribution < 1.29 is 14.2 Å². The van der Waals surface area contributed by atoms with Crippen molar-refractivity contribution in [3.63, 3.8) is 0 Å². The summed E-state index contributed by atoms with van der Waals surface area (Å²) >= 11 is 0. The van der Waals surface area contributed by atoms with Crippen LogP contribution < -0.4 is 0 Å². The van der Waals surface area contributed by atoms with Crippen LogP contribution in [0.25, 0.3) is 0 Å². The van der Waals surface area contributed by atoms with Gasteiger partial charge >= 0.3 is 0 Å². The van der Waals surface area contributed by atoms with Gasteiger partial charge in [-0.25, -0.2) is 0 Å². The van der Waals surface area contributed by atoms with Crippen molar-refractivity contribution in [3.05, 3.63) is 107 Å². The Labute approximate surface area is 155 Å². The molecule has 0 spiro atoms. The third-order valence-corrected chi connectivity index (χ3v) is 4.05. The molecule has 3 rings (SSSR count). The molecular formula is C23H24O3. The molecule has 0 bridgehead atoms. The molecule has 0 aliphatic rings. The number of benzene rings is 3. The molecule has 0 heterocycles. The number of methoxy groups -OCH3 is 1. The van der Waals surface area contributed by atoms with E-state index in [1.165, 1.54) is 0 Å². The average Bonchev–Trinajstić information content (AvgIpc) is 2.71. The number of rotatable bonds is 9. The summed E-state index contributed by atoms with van der Waals surface area (Å²) in [4.78, 5) is 0. The Morgan fingerprint density at radius 2 is 1.04 bits per heavy atom. The predicted molar refractivity (Wildman–Crippen MR) is 102 cm³/mol. The molecule has 0 aliphatic carbocycles. The van der Waals surface area contributed by atoms with Crippen LogP contribution in [0.4, 0.5) is 0 Å². The molecule has 0 unspecified atom stereocenters. The van der Waals surface area contributed by atoms with Gasteiger partial charge in [0.15, 0.2) is 6.29 Å². The molecule has 0 atom stereocenters. The highest BCUT2D eigenvalue weighted by molar-refractivity contribution is 5.23. The first kappa shape index (κ1) is 18.3. The van der Waals surface area contributed by atoms with Gasteiger partial charge in [-0.2, -0.15) is 0 Å². The smallest absolute Gasteiger partial charge is 0.184 e. The molecule has 3 nitrogen and oxygen atoms in total. The minimum absolute atomic E-state index is 0.424. The van der Waals surface area contributed by atoms with Gasteiger partial charge in [-0.1, -0.05) is 84.9 Å². The van der Waals surface area contributed by atoms with Crippen molar-refractivity contribution in [2.45, 2.75) is 26.1 Å². The second kappa shape index (κ2) is 9.88. The SMILES string of the molecule is COCc1ccc(C(OCc2ccccc2)OCc2ccccc2)cc1. The van der Waals surface area contributed by atoms with E-state index in [4.69, 9.17) is 14.2 Å². The zero-order chi connectivity index (χ0) is 18.0. The number of hydrogen-bond acceptors (Lipinski definition) is 3. The monoisotopic (exact) mass is 348 g/mol. The van der Waals surface area contributed by atoms with E-state index in [0.717, 1.165) is 22.3 Å². The Morgan fingerprint density at radius 3 is 1.50 bits per heavy atom. The van der Waals surface area contributed by atoms with Crippen molar-refractivity contribution >= 4 is 0 Å². The quantitative estimate of drug-likeness (QED) is 0.493. The first-order valence-corrected chi connectivity index (χ1v) is 8.74. The molecule has 0 aromatic heterocycles. The van der Waals surface area contributed by atoms with Crippen LogP contribution in [0, 0.1) is 0 Å². The van der Waals surface area contributed by atoms with Crippen LogP contribution >= 0.6 is 0 Å². The summed E-state index contributed by atoms with van der Waals surface area (Å²) in [5.41, 5.74) is 4.37. The molecule has 3 heteroatoms. The zero-order valence-electron chi connectivity index (χ0n) is 15.0. The highest BCUT2D eigenvalue weighted by Gasteiger charge is 2.13. The van der Waals surface area contributed by atoms with Gasteiger partial charge in [0.25, 0.3) is 0 Å². The minimum atomic E-state index is -0.424. The van der Waals surface area contributed by atoms with E-state index in [2.05, 4.69) is 24.3 Å². The largest absolute Gasteiger partial charge is 0.380 e. The lowest BCUT2D eigenvalue weighted by Gasteiger charge is -2.20. The molecule has 3 aromatic carbocycles. The van der Waals surface area contributed by atoms with Crippen LogP contribution in [0.5, 0.6) is 0 Å². The highest BCUT2D eigenvalue weighted by Crippen LogP contribution is 2.23. The Balaban J connectivity index is 1.69. The molecule has 0 amide bonds. The first-order chi connectivity index (χ1) is 12.8. The zero-order valence-corrected chi connectivity index (χ0v) is 15.0. The predicted octanol–water partition coefficient (Wildman–Crippen LogP) is 5.27. The summed E-state index contributed by atoms with van der Waals surface area (Å²) in [6.07, 6.45) is -0.424. The molecule has 0 fully saturated rings. The lowest BCUT2D eigenvalue weighted by atomic mass is 10.1. The van der Waals surface area contributed by atoms with E-state index in [0.29, 0.717) is 19.8 Å². The van der Waals surface area contributed by atoms with Crippen LogP contribution in [0.15, 0.2) is 84.9 Å². The fourth-order valence-corrected chi connectivity index (χ4v) is 2.67. The second-order valence-corrected chi connectivity index (χ2v) is 6.10. The van der Waals surface area contributed by atoms with Crippen molar-refractivity contribution in [1.29, 1.82) is 0 Å². The van der Waals surface area contributed by atoms with Crippen molar-refractivity contribution in [1.82, 2.24) is 0 Å². The topological polar surface area (TPSA) is 27.7 Å². The summed E-state index contributed by atoms with van der Waals surface area (Å²) in [7, 11) is 1.70. The van der Waals surface area contributed by atoms with E-state index in [1.807, 2.05) is 60.7 Å². The van der Waals surface area contributed by atoms with E-state index in [9.17, 15) is 0 Å². The van der Waals surface area contributed by atoms with Crippen LogP contribution in [-0.4, -0.2) is 7.11 Å². The maximum atomic E-state index is 6.08. The fraction of sp³-hybridized carbons (Fsp3) is 0.217. The molecule has 0 radical (unpaired) electrons. The van der Waals surface area contributed by atoms with Gasteiger partial charge in [0.1, 0.15) is 0 Å². The van der Waals surface area contributed by atoms with Crippen molar-refractivity contribution in [2.24, 2.45) is 0 Å². The summed E-state index contributed by atoms with van der Waals surface area (Å²) in [5, 5.41) is 0. The van der Waals surface area contributed by atoms with Gasteiger partial charge in [0.05, 0.1) is 19.8 Å². The van der Waals surface area contributed by atoms with Crippen LogP contribution in [0.2, 0.25) is 0 Å². The van der Waals surface area contributed by atoms with Gasteiger partial charge in [0, 0.05) is 12.7 Å². The minimum Gasteiger partial charge on any atom is -0.380 e. The summed E-state index contributed by atoms with van der Waals surface area (Å²) < 4.78 is 17.3. The Kier molecular flexibility index (Phi) is 6.96. The first-order valence-electron chi connectivity index (χ1n) is 8.74. The molecule has 0 aliphatic heterocycles. The molecule has 0 N–H and O–H groups in total. The summed E-state index contributed by atoms with van der Waals surface area (Å²) in [6.45, 7) is 1.60. The maximum Gasteiger partial charge on any atom is 0.184 e. The van der Waals surface area contributed by atoms with Gasteiger partial charge in [-0.3, -0.25) is 0 Å². The normalized spacial score (nSPS) is 11.0. The molecule has 0 saturated heterocycles. The van der Waals surface area contributed by atoms with E-state index < -0.39 is 6.29 Å². The van der Waals surface area contributed by atoms with Crippen molar-refractivity contribution in [3.8, 4) is 0 Å². The number of ether oxygens (including phenoxy) is 3. The van der Waals surface area contributed by atoms with Crippen LogP contribution in [0.1, 0.15) is 28.5 Å². The van der Waals surface area contributed by atoms with Gasteiger partial charge in [0.2, 0.25) is 0 Å².